The third-order valence-corrected chi connectivity index (χ3v) is 4.86. The molecular formula is C18H20ClFN6O. The van der Waals surface area contributed by atoms with Gasteiger partial charge in [-0.25, -0.2) is 9.07 Å². The largest absolute Gasteiger partial charge is 0.336 e. The number of carbonyl (C=O) groups excluding carboxylic acids is 1. The Bertz CT molecular complexity index is 996. The number of hydrogen-bond donors (Lipinski definition) is 0. The van der Waals surface area contributed by atoms with Crippen molar-refractivity contribution in [1.29, 1.82) is 0 Å². The maximum atomic E-state index is 13.1. The fourth-order valence-corrected chi connectivity index (χ4v) is 3.08. The lowest BCUT2D eigenvalue weighted by Gasteiger charge is -2.16. The monoisotopic (exact) mass is 390 g/mol. The Hall–Kier alpha value is -2.74. The Kier molecular flexibility index (Phi) is 5.27. The van der Waals surface area contributed by atoms with Gasteiger partial charge in [0, 0.05) is 36.9 Å². The molecule has 1 aromatic carbocycles. The highest BCUT2D eigenvalue weighted by molar-refractivity contribution is 6.31. The normalized spacial score (nSPS) is 11.0. The van der Waals surface area contributed by atoms with E-state index in [1.54, 1.807) is 28.9 Å². The molecule has 0 aliphatic carbocycles. The molecule has 0 radical (unpaired) electrons. The lowest BCUT2D eigenvalue weighted by Crippen LogP contribution is -2.27. The first kappa shape index (κ1) is 19.0. The van der Waals surface area contributed by atoms with Gasteiger partial charge < -0.3 is 4.90 Å². The topological polar surface area (TPSA) is 68.8 Å². The lowest BCUT2D eigenvalue weighted by molar-refractivity contribution is 0.0778. The predicted octanol–water partition coefficient (Wildman–Crippen LogP) is 2.74. The highest BCUT2D eigenvalue weighted by atomic mass is 35.5. The van der Waals surface area contributed by atoms with E-state index in [-0.39, 0.29) is 11.6 Å². The van der Waals surface area contributed by atoms with Crippen molar-refractivity contribution in [2.75, 3.05) is 7.05 Å². The second-order valence-corrected chi connectivity index (χ2v) is 6.88. The highest BCUT2D eigenvalue weighted by Gasteiger charge is 2.19. The van der Waals surface area contributed by atoms with E-state index in [4.69, 9.17) is 11.6 Å². The number of halogens is 2. The van der Waals surface area contributed by atoms with Crippen molar-refractivity contribution in [1.82, 2.24) is 29.7 Å². The Balaban J connectivity index is 1.72. The standard InChI is InChI=1S/C18H20ClFN6O/c1-11-15(12(2)25(4)22-11)9-24(3)18(27)17-10-26(23-21-17)8-13-5-6-14(20)7-16(13)19/h5-7,10H,8-9H2,1-4H3. The molecule has 2 heterocycles. The number of hydrogen-bond acceptors (Lipinski definition) is 4. The molecule has 9 heteroatoms. The molecule has 2 aromatic heterocycles. The Labute approximate surface area is 161 Å². The molecule has 0 unspecified atom stereocenters. The summed E-state index contributed by atoms with van der Waals surface area (Å²) in [6.07, 6.45) is 1.56. The van der Waals surface area contributed by atoms with Crippen molar-refractivity contribution < 1.29 is 9.18 Å². The quantitative estimate of drug-likeness (QED) is 0.671. The summed E-state index contributed by atoms with van der Waals surface area (Å²) >= 11 is 6.04. The SMILES string of the molecule is Cc1nn(C)c(C)c1CN(C)C(=O)c1cn(Cc2ccc(F)cc2Cl)nn1. The van der Waals surface area contributed by atoms with Crippen molar-refractivity contribution in [3.63, 3.8) is 0 Å². The fraction of sp³-hybridized carbons (Fsp3) is 0.333. The minimum Gasteiger partial charge on any atom is -0.336 e. The van der Waals surface area contributed by atoms with Crippen LogP contribution in [-0.2, 0) is 20.1 Å². The molecule has 0 saturated heterocycles. The van der Waals surface area contributed by atoms with E-state index in [0.29, 0.717) is 23.7 Å². The Morgan fingerprint density at radius 1 is 1.33 bits per heavy atom. The second kappa shape index (κ2) is 7.48. The van der Waals surface area contributed by atoms with Crippen LogP contribution in [0.3, 0.4) is 0 Å². The van der Waals surface area contributed by atoms with Gasteiger partial charge in [-0.1, -0.05) is 22.9 Å². The minimum atomic E-state index is -0.402. The predicted molar refractivity (Wildman–Crippen MR) is 99.0 cm³/mol. The van der Waals surface area contributed by atoms with Crippen molar-refractivity contribution in [3.8, 4) is 0 Å². The molecule has 0 aliphatic rings. The summed E-state index contributed by atoms with van der Waals surface area (Å²) in [5.41, 5.74) is 3.84. The summed E-state index contributed by atoms with van der Waals surface area (Å²) in [4.78, 5) is 14.2. The average molecular weight is 391 g/mol. The van der Waals surface area contributed by atoms with Gasteiger partial charge in [0.1, 0.15) is 5.82 Å². The van der Waals surface area contributed by atoms with E-state index in [2.05, 4.69) is 15.4 Å². The first-order chi connectivity index (χ1) is 12.8. The number of amides is 1. The van der Waals surface area contributed by atoms with Gasteiger partial charge in [0.05, 0.1) is 18.4 Å². The van der Waals surface area contributed by atoms with Crippen LogP contribution in [0.15, 0.2) is 24.4 Å². The number of rotatable bonds is 5. The summed E-state index contributed by atoms with van der Waals surface area (Å²) in [7, 11) is 3.59. The summed E-state index contributed by atoms with van der Waals surface area (Å²) in [5.74, 6) is -0.644. The molecule has 0 spiro atoms. The fourth-order valence-electron chi connectivity index (χ4n) is 2.85. The molecule has 0 N–H and O–H groups in total. The zero-order valence-corrected chi connectivity index (χ0v) is 16.3. The molecule has 0 fully saturated rings. The third kappa shape index (κ3) is 4.00. The van der Waals surface area contributed by atoms with Crippen LogP contribution in [0.5, 0.6) is 0 Å². The van der Waals surface area contributed by atoms with Gasteiger partial charge in [0.25, 0.3) is 5.91 Å². The van der Waals surface area contributed by atoms with Gasteiger partial charge in [0.2, 0.25) is 0 Å². The maximum absolute atomic E-state index is 13.1. The number of benzene rings is 1. The van der Waals surface area contributed by atoms with Crippen LogP contribution in [0.25, 0.3) is 0 Å². The summed E-state index contributed by atoms with van der Waals surface area (Å²) in [6, 6.07) is 4.16. The molecule has 3 rings (SSSR count). The molecule has 0 atom stereocenters. The molecule has 142 valence electrons. The molecule has 27 heavy (non-hydrogen) atoms. The molecular weight excluding hydrogens is 371 g/mol. The number of aryl methyl sites for hydroxylation is 2. The molecule has 0 bridgehead atoms. The van der Waals surface area contributed by atoms with Crippen molar-refractivity contribution >= 4 is 17.5 Å². The average Bonchev–Trinajstić information content (AvgIpc) is 3.17. The molecule has 1 amide bonds. The zero-order valence-electron chi connectivity index (χ0n) is 15.6. The number of nitrogens with zero attached hydrogens (tertiary/aromatic N) is 6. The Morgan fingerprint density at radius 3 is 2.70 bits per heavy atom. The molecule has 0 saturated carbocycles. The third-order valence-electron chi connectivity index (χ3n) is 4.51. The van der Waals surface area contributed by atoms with E-state index in [1.807, 2.05) is 20.9 Å². The van der Waals surface area contributed by atoms with Gasteiger partial charge in [0.15, 0.2) is 5.69 Å². The van der Waals surface area contributed by atoms with E-state index >= 15 is 0 Å². The van der Waals surface area contributed by atoms with Gasteiger partial charge in [-0.15, -0.1) is 5.10 Å². The van der Waals surface area contributed by atoms with Gasteiger partial charge in [-0.3, -0.25) is 9.48 Å². The second-order valence-electron chi connectivity index (χ2n) is 6.47. The zero-order chi connectivity index (χ0) is 19.7. The van der Waals surface area contributed by atoms with E-state index in [1.165, 1.54) is 16.8 Å². The van der Waals surface area contributed by atoms with Crippen LogP contribution >= 0.6 is 11.6 Å². The molecule has 7 nitrogen and oxygen atoms in total. The summed E-state index contributed by atoms with van der Waals surface area (Å²) in [5, 5.41) is 12.6. The van der Waals surface area contributed by atoms with E-state index < -0.39 is 5.82 Å². The van der Waals surface area contributed by atoms with Crippen LogP contribution in [0.1, 0.15) is 33.0 Å². The van der Waals surface area contributed by atoms with Crippen LogP contribution in [0.2, 0.25) is 5.02 Å². The van der Waals surface area contributed by atoms with Gasteiger partial charge >= 0.3 is 0 Å². The number of aromatic nitrogens is 5. The van der Waals surface area contributed by atoms with E-state index in [0.717, 1.165) is 17.0 Å². The first-order valence-electron chi connectivity index (χ1n) is 8.35. The van der Waals surface area contributed by atoms with Gasteiger partial charge in [-0.2, -0.15) is 5.10 Å². The van der Waals surface area contributed by atoms with Crippen LogP contribution < -0.4 is 0 Å². The summed E-state index contributed by atoms with van der Waals surface area (Å²) in [6.45, 7) is 4.62. The Morgan fingerprint density at radius 2 is 2.07 bits per heavy atom. The minimum absolute atomic E-state index is 0.231. The highest BCUT2D eigenvalue weighted by Crippen LogP contribution is 2.18. The lowest BCUT2D eigenvalue weighted by atomic mass is 10.2. The van der Waals surface area contributed by atoms with Crippen molar-refractivity contribution in [3.05, 3.63) is 63.4 Å². The smallest absolute Gasteiger partial charge is 0.276 e. The molecule has 3 aromatic rings. The first-order valence-corrected chi connectivity index (χ1v) is 8.72. The van der Waals surface area contributed by atoms with Crippen LogP contribution in [0, 0.1) is 19.7 Å². The number of carbonyl (C=O) groups is 1. The van der Waals surface area contributed by atoms with Gasteiger partial charge in [-0.05, 0) is 31.5 Å². The van der Waals surface area contributed by atoms with Crippen molar-refractivity contribution in [2.24, 2.45) is 7.05 Å². The van der Waals surface area contributed by atoms with Crippen LogP contribution in [0.4, 0.5) is 4.39 Å². The molecule has 0 aliphatic heterocycles. The maximum Gasteiger partial charge on any atom is 0.276 e. The summed E-state index contributed by atoms with van der Waals surface area (Å²) < 4.78 is 16.4. The van der Waals surface area contributed by atoms with E-state index in [9.17, 15) is 9.18 Å². The van der Waals surface area contributed by atoms with Crippen molar-refractivity contribution in [2.45, 2.75) is 26.9 Å². The van der Waals surface area contributed by atoms with Crippen LogP contribution in [-0.4, -0.2) is 42.6 Å².